The average Bonchev–Trinajstić information content (AvgIpc) is 2.78. The van der Waals surface area contributed by atoms with Gasteiger partial charge in [0.1, 0.15) is 6.10 Å². The van der Waals surface area contributed by atoms with Gasteiger partial charge in [0.05, 0.1) is 5.69 Å². The van der Waals surface area contributed by atoms with E-state index in [2.05, 4.69) is 21.2 Å². The lowest BCUT2D eigenvalue weighted by molar-refractivity contribution is -0.124. The lowest BCUT2D eigenvalue weighted by Gasteiger charge is -2.12. The molecule has 0 spiro atoms. The Labute approximate surface area is 103 Å². The molecule has 1 aromatic rings. The van der Waals surface area contributed by atoms with Crippen LogP contribution in [0.1, 0.15) is 18.4 Å². The Morgan fingerprint density at radius 2 is 2.38 bits per heavy atom. The van der Waals surface area contributed by atoms with E-state index in [1.54, 1.807) is 0 Å². The molecule has 1 aliphatic heterocycles. The van der Waals surface area contributed by atoms with Crippen LogP contribution in [0.15, 0.2) is 22.7 Å². The monoisotopic (exact) mass is 283 g/mol. The lowest BCUT2D eigenvalue weighted by Crippen LogP contribution is -2.27. The zero-order valence-corrected chi connectivity index (χ0v) is 10.7. The van der Waals surface area contributed by atoms with E-state index in [-0.39, 0.29) is 12.0 Å². The molecule has 1 aliphatic rings. The minimum absolute atomic E-state index is 0.0520. The number of aryl methyl sites for hydroxylation is 1. The fourth-order valence-corrected chi connectivity index (χ4v) is 2.11. The van der Waals surface area contributed by atoms with Gasteiger partial charge in [-0.05, 0) is 47.3 Å². The Morgan fingerprint density at radius 1 is 1.56 bits per heavy atom. The van der Waals surface area contributed by atoms with Gasteiger partial charge in [-0.15, -0.1) is 0 Å². The molecule has 1 saturated heterocycles. The van der Waals surface area contributed by atoms with Crippen molar-refractivity contribution in [3.8, 4) is 0 Å². The van der Waals surface area contributed by atoms with Crippen molar-refractivity contribution in [2.24, 2.45) is 0 Å². The molecule has 1 fully saturated rings. The van der Waals surface area contributed by atoms with Crippen molar-refractivity contribution in [3.63, 3.8) is 0 Å². The van der Waals surface area contributed by atoms with E-state index in [4.69, 9.17) is 4.74 Å². The van der Waals surface area contributed by atoms with Gasteiger partial charge >= 0.3 is 0 Å². The van der Waals surface area contributed by atoms with Gasteiger partial charge < -0.3 is 10.1 Å². The maximum Gasteiger partial charge on any atom is 0.253 e. The SMILES string of the molecule is Cc1cccc(NC(=O)C2CCCO2)c1Br. The van der Waals surface area contributed by atoms with Crippen molar-refractivity contribution in [2.45, 2.75) is 25.9 Å². The maximum absolute atomic E-state index is 11.8. The number of anilines is 1. The zero-order chi connectivity index (χ0) is 11.5. The molecule has 0 radical (unpaired) electrons. The second-order valence-corrected chi connectivity index (χ2v) is 4.72. The molecule has 1 aromatic carbocycles. The highest BCUT2D eigenvalue weighted by Gasteiger charge is 2.23. The Morgan fingerprint density at radius 3 is 3.06 bits per heavy atom. The van der Waals surface area contributed by atoms with Crippen LogP contribution in [-0.4, -0.2) is 18.6 Å². The summed E-state index contributed by atoms with van der Waals surface area (Å²) >= 11 is 3.46. The Bertz CT molecular complexity index is 400. The molecule has 2 rings (SSSR count). The first kappa shape index (κ1) is 11.6. The van der Waals surface area contributed by atoms with E-state index in [0.29, 0.717) is 6.61 Å². The van der Waals surface area contributed by atoms with Gasteiger partial charge in [-0.1, -0.05) is 12.1 Å². The molecule has 1 atom stereocenters. The van der Waals surface area contributed by atoms with Crippen molar-refractivity contribution in [2.75, 3.05) is 11.9 Å². The van der Waals surface area contributed by atoms with Crippen LogP contribution in [0.4, 0.5) is 5.69 Å². The van der Waals surface area contributed by atoms with Crippen molar-refractivity contribution in [1.82, 2.24) is 0 Å². The second kappa shape index (κ2) is 4.97. The molecule has 86 valence electrons. The highest BCUT2D eigenvalue weighted by Crippen LogP contribution is 2.26. The zero-order valence-electron chi connectivity index (χ0n) is 9.13. The summed E-state index contributed by atoms with van der Waals surface area (Å²) in [5.74, 6) is -0.0520. The van der Waals surface area contributed by atoms with Crippen LogP contribution in [0, 0.1) is 6.92 Å². The molecule has 0 aliphatic carbocycles. The average molecular weight is 284 g/mol. The topological polar surface area (TPSA) is 38.3 Å². The van der Waals surface area contributed by atoms with Crippen LogP contribution in [0.25, 0.3) is 0 Å². The number of benzene rings is 1. The fourth-order valence-electron chi connectivity index (χ4n) is 1.74. The van der Waals surface area contributed by atoms with Gasteiger partial charge in [0.15, 0.2) is 0 Å². The Balaban J connectivity index is 2.08. The van der Waals surface area contributed by atoms with E-state index in [1.807, 2.05) is 25.1 Å². The molecule has 16 heavy (non-hydrogen) atoms. The molecule has 1 unspecified atom stereocenters. The van der Waals surface area contributed by atoms with Crippen molar-refractivity contribution in [3.05, 3.63) is 28.2 Å². The first-order valence-corrected chi connectivity index (χ1v) is 6.15. The predicted octanol–water partition coefficient (Wildman–Crippen LogP) is 2.88. The van der Waals surface area contributed by atoms with Crippen molar-refractivity contribution in [1.29, 1.82) is 0 Å². The molecule has 0 saturated carbocycles. The van der Waals surface area contributed by atoms with E-state index < -0.39 is 0 Å². The summed E-state index contributed by atoms with van der Waals surface area (Å²) in [7, 11) is 0. The minimum Gasteiger partial charge on any atom is -0.368 e. The fraction of sp³-hybridized carbons (Fsp3) is 0.417. The molecular weight excluding hydrogens is 270 g/mol. The molecule has 1 amide bonds. The molecule has 1 N–H and O–H groups in total. The van der Waals surface area contributed by atoms with E-state index in [0.717, 1.165) is 28.6 Å². The van der Waals surface area contributed by atoms with Crippen molar-refractivity contribution >= 4 is 27.5 Å². The molecule has 0 aromatic heterocycles. The predicted molar refractivity (Wildman–Crippen MR) is 66.5 cm³/mol. The standard InChI is InChI=1S/C12H14BrNO2/c1-8-4-2-5-9(11(8)13)14-12(15)10-6-3-7-16-10/h2,4-5,10H,3,6-7H2,1H3,(H,14,15). The first-order valence-electron chi connectivity index (χ1n) is 5.36. The van der Waals surface area contributed by atoms with Gasteiger partial charge in [0.2, 0.25) is 0 Å². The van der Waals surface area contributed by atoms with Crippen LogP contribution in [0.5, 0.6) is 0 Å². The van der Waals surface area contributed by atoms with Crippen LogP contribution in [0.2, 0.25) is 0 Å². The summed E-state index contributed by atoms with van der Waals surface area (Å²) in [6.07, 6.45) is 1.50. The van der Waals surface area contributed by atoms with E-state index in [1.165, 1.54) is 0 Å². The van der Waals surface area contributed by atoms with Crippen LogP contribution in [0.3, 0.4) is 0 Å². The molecule has 4 heteroatoms. The normalized spacial score (nSPS) is 19.8. The maximum atomic E-state index is 11.8. The largest absolute Gasteiger partial charge is 0.368 e. The number of carbonyl (C=O) groups excluding carboxylic acids is 1. The molecule has 3 nitrogen and oxygen atoms in total. The highest BCUT2D eigenvalue weighted by molar-refractivity contribution is 9.10. The lowest BCUT2D eigenvalue weighted by atomic mass is 10.2. The quantitative estimate of drug-likeness (QED) is 0.906. The summed E-state index contributed by atoms with van der Waals surface area (Å²) in [6, 6.07) is 5.79. The van der Waals surface area contributed by atoms with Gasteiger partial charge in [-0.2, -0.15) is 0 Å². The number of hydrogen-bond acceptors (Lipinski definition) is 2. The smallest absolute Gasteiger partial charge is 0.253 e. The first-order chi connectivity index (χ1) is 7.68. The molecular formula is C12H14BrNO2. The van der Waals surface area contributed by atoms with Crippen LogP contribution >= 0.6 is 15.9 Å². The summed E-state index contributed by atoms with van der Waals surface area (Å²) in [5.41, 5.74) is 1.91. The summed E-state index contributed by atoms with van der Waals surface area (Å²) in [4.78, 5) is 11.8. The minimum atomic E-state index is -0.285. The summed E-state index contributed by atoms with van der Waals surface area (Å²) < 4.78 is 6.26. The number of nitrogens with one attached hydrogen (secondary N) is 1. The van der Waals surface area contributed by atoms with Gasteiger partial charge in [-0.25, -0.2) is 0 Å². The number of rotatable bonds is 2. The number of carbonyl (C=O) groups is 1. The summed E-state index contributed by atoms with van der Waals surface area (Å²) in [6.45, 7) is 2.68. The van der Waals surface area contributed by atoms with Crippen molar-refractivity contribution < 1.29 is 9.53 Å². The third-order valence-corrected chi connectivity index (χ3v) is 3.72. The van der Waals surface area contributed by atoms with Crippen LogP contribution in [-0.2, 0) is 9.53 Å². The number of halogens is 1. The third kappa shape index (κ3) is 2.44. The third-order valence-electron chi connectivity index (χ3n) is 2.67. The number of ether oxygens (including phenoxy) is 1. The van der Waals surface area contributed by atoms with Gasteiger partial charge in [0, 0.05) is 11.1 Å². The molecule has 0 bridgehead atoms. The Hall–Kier alpha value is -0.870. The second-order valence-electron chi connectivity index (χ2n) is 3.93. The number of amides is 1. The molecule has 1 heterocycles. The highest BCUT2D eigenvalue weighted by atomic mass is 79.9. The van der Waals surface area contributed by atoms with Crippen LogP contribution < -0.4 is 5.32 Å². The number of hydrogen-bond donors (Lipinski definition) is 1. The Kier molecular flexibility index (Phi) is 3.61. The summed E-state index contributed by atoms with van der Waals surface area (Å²) in [5, 5.41) is 2.88. The van der Waals surface area contributed by atoms with E-state index >= 15 is 0 Å². The van der Waals surface area contributed by atoms with Gasteiger partial charge in [-0.3, -0.25) is 4.79 Å². The van der Waals surface area contributed by atoms with E-state index in [9.17, 15) is 4.79 Å². The van der Waals surface area contributed by atoms with Gasteiger partial charge in [0.25, 0.3) is 5.91 Å².